The monoisotopic (exact) mass is 290 g/mol. The van der Waals surface area contributed by atoms with Crippen LogP contribution in [0.3, 0.4) is 0 Å². The van der Waals surface area contributed by atoms with Gasteiger partial charge in [0.15, 0.2) is 0 Å². The first-order valence-electron chi connectivity index (χ1n) is 7.74. The zero-order chi connectivity index (χ0) is 15.3. The van der Waals surface area contributed by atoms with Crippen LogP contribution >= 0.6 is 0 Å². The van der Waals surface area contributed by atoms with E-state index in [1.807, 2.05) is 49.4 Å². The lowest BCUT2D eigenvalue weighted by atomic mass is 9.82. The van der Waals surface area contributed by atoms with Crippen molar-refractivity contribution in [3.05, 3.63) is 35.9 Å². The first-order chi connectivity index (χ1) is 10.0. The number of carbonyl (C=O) groups is 1. The number of benzene rings is 1. The molecule has 0 unspecified atom stereocenters. The van der Waals surface area contributed by atoms with Crippen molar-refractivity contribution in [1.29, 1.82) is 0 Å². The van der Waals surface area contributed by atoms with Crippen LogP contribution in [-0.2, 0) is 11.3 Å². The Labute approximate surface area is 127 Å². The summed E-state index contributed by atoms with van der Waals surface area (Å²) in [6.07, 6.45) is 4.90. The van der Waals surface area contributed by atoms with Crippen molar-refractivity contribution in [2.45, 2.75) is 50.7 Å². The van der Waals surface area contributed by atoms with E-state index in [2.05, 4.69) is 0 Å². The van der Waals surface area contributed by atoms with Crippen molar-refractivity contribution in [3.63, 3.8) is 0 Å². The second-order valence-electron chi connectivity index (χ2n) is 6.25. The summed E-state index contributed by atoms with van der Waals surface area (Å²) < 4.78 is 0. The van der Waals surface area contributed by atoms with E-state index in [0.29, 0.717) is 6.54 Å². The van der Waals surface area contributed by atoms with E-state index in [9.17, 15) is 9.90 Å². The third-order valence-corrected chi connectivity index (χ3v) is 4.21. The molecule has 1 aliphatic carbocycles. The maximum absolute atomic E-state index is 12.6. The van der Waals surface area contributed by atoms with Crippen LogP contribution in [0.5, 0.6) is 0 Å². The van der Waals surface area contributed by atoms with Gasteiger partial charge in [0, 0.05) is 14.1 Å². The lowest BCUT2D eigenvalue weighted by Gasteiger charge is -2.35. The molecule has 2 rings (SSSR count). The standard InChI is InChI=1S/C17H26N2O2/c1-18(2)19(14-15-9-5-3-6-10-15)16(20)13-17(21)11-7-4-8-12-17/h3,5-6,9-10,21H,4,7-8,11-14H2,1-2H3. The summed E-state index contributed by atoms with van der Waals surface area (Å²) in [4.78, 5) is 12.6. The number of hydrazine groups is 1. The third kappa shape index (κ3) is 4.55. The lowest BCUT2D eigenvalue weighted by Crippen LogP contribution is -2.45. The minimum Gasteiger partial charge on any atom is -0.389 e. The fraction of sp³-hybridized carbons (Fsp3) is 0.588. The van der Waals surface area contributed by atoms with Gasteiger partial charge in [0.05, 0.1) is 18.6 Å². The van der Waals surface area contributed by atoms with E-state index in [0.717, 1.165) is 37.7 Å². The molecular formula is C17H26N2O2. The van der Waals surface area contributed by atoms with Gasteiger partial charge in [-0.05, 0) is 18.4 Å². The summed E-state index contributed by atoms with van der Waals surface area (Å²) in [6, 6.07) is 9.94. The molecule has 0 spiro atoms. The molecule has 0 heterocycles. The molecular weight excluding hydrogens is 264 g/mol. The number of hydrogen-bond donors (Lipinski definition) is 1. The Kier molecular flexibility index (Phi) is 5.37. The number of hydrogen-bond acceptors (Lipinski definition) is 3. The average Bonchev–Trinajstić information content (AvgIpc) is 2.45. The molecule has 0 saturated heterocycles. The van der Waals surface area contributed by atoms with Crippen molar-refractivity contribution in [3.8, 4) is 0 Å². The van der Waals surface area contributed by atoms with Crippen molar-refractivity contribution >= 4 is 5.91 Å². The van der Waals surface area contributed by atoms with Gasteiger partial charge < -0.3 is 5.11 Å². The molecule has 0 bridgehead atoms. The molecule has 116 valence electrons. The Morgan fingerprint density at radius 2 is 1.76 bits per heavy atom. The Morgan fingerprint density at radius 1 is 1.14 bits per heavy atom. The molecule has 0 aromatic heterocycles. The van der Waals surface area contributed by atoms with Gasteiger partial charge in [-0.1, -0.05) is 49.6 Å². The van der Waals surface area contributed by atoms with Gasteiger partial charge in [-0.25, -0.2) is 5.01 Å². The minimum absolute atomic E-state index is 0.00625. The highest BCUT2D eigenvalue weighted by Gasteiger charge is 2.33. The largest absolute Gasteiger partial charge is 0.389 e. The zero-order valence-corrected chi connectivity index (χ0v) is 13.1. The first-order valence-corrected chi connectivity index (χ1v) is 7.74. The molecule has 4 heteroatoms. The topological polar surface area (TPSA) is 43.8 Å². The number of carbonyl (C=O) groups excluding carboxylic acids is 1. The zero-order valence-electron chi connectivity index (χ0n) is 13.1. The maximum Gasteiger partial charge on any atom is 0.240 e. The number of rotatable bonds is 5. The first kappa shape index (κ1) is 16.0. The molecule has 1 aliphatic rings. The highest BCUT2D eigenvalue weighted by Crippen LogP contribution is 2.31. The molecule has 4 nitrogen and oxygen atoms in total. The van der Waals surface area contributed by atoms with E-state index in [1.165, 1.54) is 0 Å². The number of amides is 1. The van der Waals surface area contributed by atoms with Crippen LogP contribution in [0.1, 0.15) is 44.1 Å². The van der Waals surface area contributed by atoms with Crippen LogP contribution in [0, 0.1) is 0 Å². The molecule has 1 aromatic carbocycles. The molecule has 0 atom stereocenters. The average molecular weight is 290 g/mol. The molecule has 1 fully saturated rings. The fourth-order valence-electron chi connectivity index (χ4n) is 2.97. The summed E-state index contributed by atoms with van der Waals surface area (Å²) in [6.45, 7) is 0.544. The third-order valence-electron chi connectivity index (χ3n) is 4.21. The molecule has 1 amide bonds. The van der Waals surface area contributed by atoms with Crippen LogP contribution in [0.25, 0.3) is 0 Å². The van der Waals surface area contributed by atoms with E-state index in [-0.39, 0.29) is 12.3 Å². The second-order valence-corrected chi connectivity index (χ2v) is 6.25. The Bertz CT molecular complexity index is 453. The summed E-state index contributed by atoms with van der Waals surface area (Å²) in [5.41, 5.74) is 0.287. The Morgan fingerprint density at radius 3 is 2.33 bits per heavy atom. The van der Waals surface area contributed by atoms with Crippen LogP contribution < -0.4 is 0 Å². The smallest absolute Gasteiger partial charge is 0.240 e. The highest BCUT2D eigenvalue weighted by molar-refractivity contribution is 5.76. The van der Waals surface area contributed by atoms with Gasteiger partial charge in [-0.15, -0.1) is 0 Å². The second kappa shape index (κ2) is 7.05. The van der Waals surface area contributed by atoms with Gasteiger partial charge in [-0.3, -0.25) is 9.80 Å². The van der Waals surface area contributed by atoms with E-state index < -0.39 is 5.60 Å². The summed E-state index contributed by atoms with van der Waals surface area (Å²) in [5, 5.41) is 14.1. The summed E-state index contributed by atoms with van der Waals surface area (Å²) >= 11 is 0. The van der Waals surface area contributed by atoms with Crippen molar-refractivity contribution in [2.24, 2.45) is 0 Å². The molecule has 21 heavy (non-hydrogen) atoms. The van der Waals surface area contributed by atoms with Gasteiger partial charge in [0.25, 0.3) is 0 Å². The SMILES string of the molecule is CN(C)N(Cc1ccccc1)C(=O)CC1(O)CCCCC1. The lowest BCUT2D eigenvalue weighted by molar-refractivity contribution is -0.152. The quantitative estimate of drug-likeness (QED) is 0.848. The predicted octanol–water partition coefficient (Wildman–Crippen LogP) is 2.58. The molecule has 1 aromatic rings. The van der Waals surface area contributed by atoms with E-state index in [4.69, 9.17) is 0 Å². The highest BCUT2D eigenvalue weighted by atomic mass is 16.3. The normalized spacial score (nSPS) is 17.7. The van der Waals surface area contributed by atoms with Gasteiger partial charge in [0.2, 0.25) is 5.91 Å². The molecule has 1 saturated carbocycles. The number of aliphatic hydroxyl groups is 1. The van der Waals surface area contributed by atoms with Gasteiger partial charge in [-0.2, -0.15) is 0 Å². The predicted molar refractivity (Wildman–Crippen MR) is 83.3 cm³/mol. The van der Waals surface area contributed by atoms with E-state index >= 15 is 0 Å². The van der Waals surface area contributed by atoms with Crippen molar-refractivity contribution in [2.75, 3.05) is 14.1 Å². The summed E-state index contributed by atoms with van der Waals surface area (Å²) in [7, 11) is 3.73. The van der Waals surface area contributed by atoms with E-state index in [1.54, 1.807) is 5.01 Å². The molecule has 0 aliphatic heterocycles. The Hall–Kier alpha value is -1.39. The maximum atomic E-state index is 12.6. The van der Waals surface area contributed by atoms with Crippen molar-refractivity contribution in [1.82, 2.24) is 10.0 Å². The molecule has 1 N–H and O–H groups in total. The minimum atomic E-state index is -0.805. The van der Waals surface area contributed by atoms with Crippen LogP contribution in [0.2, 0.25) is 0 Å². The fourth-order valence-corrected chi connectivity index (χ4v) is 2.97. The van der Waals surface area contributed by atoms with Crippen molar-refractivity contribution < 1.29 is 9.90 Å². The van der Waals surface area contributed by atoms with Crippen LogP contribution in [-0.4, -0.2) is 40.7 Å². The number of nitrogens with zero attached hydrogens (tertiary/aromatic N) is 2. The van der Waals surface area contributed by atoms with Crippen LogP contribution in [0.4, 0.5) is 0 Å². The summed E-state index contributed by atoms with van der Waals surface area (Å²) in [5.74, 6) is -0.00625. The van der Waals surface area contributed by atoms with Gasteiger partial charge >= 0.3 is 0 Å². The van der Waals surface area contributed by atoms with Gasteiger partial charge in [0.1, 0.15) is 0 Å². The molecule has 0 radical (unpaired) electrons. The van der Waals surface area contributed by atoms with Crippen LogP contribution in [0.15, 0.2) is 30.3 Å². The Balaban J connectivity index is 2.02.